The van der Waals surface area contributed by atoms with E-state index in [1.165, 1.54) is 6.92 Å². The molecule has 0 aliphatic carbocycles. The number of alkyl halides is 3. The van der Waals surface area contributed by atoms with Crippen LogP contribution in [0.25, 0.3) is 0 Å². The molecule has 0 bridgehead atoms. The van der Waals surface area contributed by atoms with Crippen LogP contribution in [-0.2, 0) is 4.79 Å². The fraction of sp³-hybridized carbons (Fsp3) is 0.471. The summed E-state index contributed by atoms with van der Waals surface area (Å²) in [5, 5.41) is 0. The van der Waals surface area contributed by atoms with E-state index in [4.69, 9.17) is 0 Å². The van der Waals surface area contributed by atoms with Crippen molar-refractivity contribution >= 4 is 23.4 Å². The van der Waals surface area contributed by atoms with Gasteiger partial charge >= 0.3 is 6.18 Å². The van der Waals surface area contributed by atoms with Crippen LogP contribution in [0.2, 0.25) is 0 Å². The molecule has 0 saturated heterocycles. The van der Waals surface area contributed by atoms with E-state index in [-0.39, 0.29) is 17.9 Å². The molecule has 23 heavy (non-hydrogen) atoms. The highest BCUT2D eigenvalue weighted by Gasteiger charge is 2.61. The maximum atomic E-state index is 14.0. The second-order valence-electron chi connectivity index (χ2n) is 6.00. The number of nitrogens with zero attached hydrogens (tertiary/aromatic N) is 1. The van der Waals surface area contributed by atoms with Gasteiger partial charge in [0.1, 0.15) is 0 Å². The smallest absolute Gasteiger partial charge is 0.288 e. The largest absolute Gasteiger partial charge is 0.421 e. The number of amides is 1. The topological polar surface area (TPSA) is 20.3 Å². The van der Waals surface area contributed by atoms with Gasteiger partial charge in [0.05, 0.1) is 0 Å². The van der Waals surface area contributed by atoms with Crippen LogP contribution in [0.4, 0.5) is 18.9 Å². The molecule has 0 spiro atoms. The van der Waals surface area contributed by atoms with E-state index in [0.29, 0.717) is 5.57 Å². The number of aryl methyl sites for hydroxylation is 1. The van der Waals surface area contributed by atoms with Gasteiger partial charge in [0.15, 0.2) is 4.87 Å². The number of anilines is 1. The molecule has 2 nitrogen and oxygen atoms in total. The zero-order valence-electron chi connectivity index (χ0n) is 13.6. The van der Waals surface area contributed by atoms with Gasteiger partial charge in [-0.2, -0.15) is 13.2 Å². The van der Waals surface area contributed by atoms with Crippen molar-refractivity contribution in [3.8, 4) is 0 Å². The number of carbonyl (C=O) groups is 1. The number of hydrogen-bond donors (Lipinski definition) is 0. The van der Waals surface area contributed by atoms with Crippen molar-refractivity contribution in [3.05, 3.63) is 41.0 Å². The molecule has 1 aromatic rings. The second kappa shape index (κ2) is 6.23. The summed E-state index contributed by atoms with van der Waals surface area (Å²) >= 11 is 0.787. The maximum absolute atomic E-state index is 14.0. The third kappa shape index (κ3) is 3.27. The molecule has 1 amide bonds. The molecule has 1 aliphatic heterocycles. The minimum Gasteiger partial charge on any atom is -0.288 e. The van der Waals surface area contributed by atoms with E-state index in [0.717, 1.165) is 27.8 Å². The monoisotopic (exact) mass is 343 g/mol. The number of rotatable bonds is 2. The van der Waals surface area contributed by atoms with Gasteiger partial charge in [-0.1, -0.05) is 28.8 Å². The Balaban J connectivity index is 2.60. The Kier molecular flexibility index (Phi) is 4.85. The Morgan fingerprint density at radius 1 is 1.13 bits per heavy atom. The van der Waals surface area contributed by atoms with Crippen molar-refractivity contribution in [2.75, 3.05) is 10.7 Å². The molecular weight excluding hydrogens is 323 g/mol. The molecule has 1 aliphatic rings. The Hall–Kier alpha value is -1.43. The van der Waals surface area contributed by atoms with Crippen molar-refractivity contribution in [2.24, 2.45) is 0 Å². The van der Waals surface area contributed by atoms with Crippen LogP contribution in [0.3, 0.4) is 0 Å². The quantitative estimate of drug-likeness (QED) is 0.698. The third-order valence-corrected chi connectivity index (χ3v) is 5.79. The van der Waals surface area contributed by atoms with Crippen molar-refractivity contribution in [2.45, 2.75) is 45.2 Å². The lowest BCUT2D eigenvalue weighted by molar-refractivity contribution is -0.163. The lowest BCUT2D eigenvalue weighted by Crippen LogP contribution is -2.60. The van der Waals surface area contributed by atoms with E-state index < -0.39 is 17.0 Å². The maximum Gasteiger partial charge on any atom is 0.421 e. The third-order valence-electron chi connectivity index (χ3n) is 4.17. The Labute approximate surface area is 138 Å². The summed E-state index contributed by atoms with van der Waals surface area (Å²) in [6.07, 6.45) is -4.74. The fourth-order valence-corrected chi connectivity index (χ4v) is 4.25. The molecule has 0 aromatic heterocycles. The highest BCUT2D eigenvalue weighted by atomic mass is 32.2. The minimum absolute atomic E-state index is 0.208. The van der Waals surface area contributed by atoms with E-state index >= 15 is 0 Å². The molecule has 1 heterocycles. The molecular formula is C17H20F3NOS. The summed E-state index contributed by atoms with van der Waals surface area (Å²) in [5.74, 6) is -0.341. The molecule has 1 atom stereocenters. The molecule has 1 aromatic carbocycles. The van der Waals surface area contributed by atoms with Gasteiger partial charge in [-0.3, -0.25) is 9.69 Å². The highest BCUT2D eigenvalue weighted by molar-refractivity contribution is 8.01. The zero-order chi connectivity index (χ0) is 17.4. The first-order valence-electron chi connectivity index (χ1n) is 7.32. The lowest BCUT2D eigenvalue weighted by atomic mass is 9.99. The number of benzene rings is 1. The summed E-state index contributed by atoms with van der Waals surface area (Å²) in [4.78, 5) is 10.8. The standard InChI is InChI=1S/C17H20F3NOS/c1-11-5-7-15(8-6-11)21(14(4)22)16(17(18,19)20)9-12(2)13(3)10-23-16/h5-8H,9-10H2,1-4H3. The van der Waals surface area contributed by atoms with E-state index in [2.05, 4.69) is 0 Å². The van der Waals surface area contributed by atoms with Crippen LogP contribution in [0, 0.1) is 6.92 Å². The zero-order valence-corrected chi connectivity index (χ0v) is 14.4. The van der Waals surface area contributed by atoms with Gasteiger partial charge in [-0.25, -0.2) is 0 Å². The second-order valence-corrected chi connectivity index (χ2v) is 7.25. The van der Waals surface area contributed by atoms with E-state index in [9.17, 15) is 18.0 Å². The molecule has 1 unspecified atom stereocenters. The van der Waals surface area contributed by atoms with Crippen LogP contribution in [-0.4, -0.2) is 22.7 Å². The Morgan fingerprint density at radius 2 is 1.70 bits per heavy atom. The first-order chi connectivity index (χ1) is 10.6. The Morgan fingerprint density at radius 3 is 2.13 bits per heavy atom. The molecule has 0 saturated carbocycles. The predicted octanol–water partition coefficient (Wildman–Crippen LogP) is 5.08. The fourth-order valence-electron chi connectivity index (χ4n) is 2.70. The van der Waals surface area contributed by atoms with Crippen molar-refractivity contribution in [3.63, 3.8) is 0 Å². The van der Waals surface area contributed by atoms with Crippen molar-refractivity contribution in [1.82, 2.24) is 0 Å². The molecule has 6 heteroatoms. The molecule has 0 fully saturated rings. The van der Waals surface area contributed by atoms with Crippen molar-refractivity contribution in [1.29, 1.82) is 0 Å². The summed E-state index contributed by atoms with van der Waals surface area (Å²) in [7, 11) is 0. The first kappa shape index (κ1) is 17.9. The normalized spacial score (nSPS) is 22.2. The molecule has 126 valence electrons. The highest BCUT2D eigenvalue weighted by Crippen LogP contribution is 2.53. The average Bonchev–Trinajstić information content (AvgIpc) is 2.43. The van der Waals surface area contributed by atoms with Crippen LogP contribution >= 0.6 is 11.8 Å². The molecule has 0 N–H and O–H groups in total. The summed E-state index contributed by atoms with van der Waals surface area (Å²) in [6, 6.07) is 6.59. The van der Waals surface area contributed by atoms with Gasteiger partial charge in [-0.05, 0) is 32.9 Å². The summed E-state index contributed by atoms with van der Waals surface area (Å²) < 4.78 is 42.1. The molecule has 0 radical (unpaired) electrons. The SMILES string of the molecule is CC(=O)N(c1ccc(C)cc1)C1(C(F)(F)F)CC(C)=C(C)CS1. The summed E-state index contributed by atoms with van der Waals surface area (Å²) in [5.41, 5.74) is 2.85. The average molecular weight is 343 g/mol. The van der Waals surface area contributed by atoms with Gasteiger partial charge in [0.25, 0.3) is 0 Å². The lowest BCUT2D eigenvalue weighted by Gasteiger charge is -2.46. The van der Waals surface area contributed by atoms with Crippen LogP contribution in [0.5, 0.6) is 0 Å². The molecule has 2 rings (SSSR count). The van der Waals surface area contributed by atoms with Gasteiger partial charge in [0.2, 0.25) is 5.91 Å². The van der Waals surface area contributed by atoms with Crippen LogP contribution in [0.1, 0.15) is 32.8 Å². The predicted molar refractivity (Wildman–Crippen MR) is 88.6 cm³/mol. The Bertz CT molecular complexity index is 636. The van der Waals surface area contributed by atoms with Gasteiger partial charge < -0.3 is 0 Å². The van der Waals surface area contributed by atoms with E-state index in [1.54, 1.807) is 31.2 Å². The van der Waals surface area contributed by atoms with Crippen LogP contribution < -0.4 is 4.90 Å². The minimum atomic E-state index is -4.53. The first-order valence-corrected chi connectivity index (χ1v) is 8.30. The van der Waals surface area contributed by atoms with Gasteiger partial charge in [0, 0.05) is 24.8 Å². The van der Waals surface area contributed by atoms with E-state index in [1.807, 2.05) is 13.8 Å². The number of halogens is 3. The number of carbonyl (C=O) groups excluding carboxylic acids is 1. The number of hydrogen-bond acceptors (Lipinski definition) is 2. The van der Waals surface area contributed by atoms with Crippen LogP contribution in [0.15, 0.2) is 35.4 Å². The summed E-state index contributed by atoms with van der Waals surface area (Å²) in [6.45, 7) is 6.59. The number of thioether (sulfide) groups is 1. The van der Waals surface area contributed by atoms with Gasteiger partial charge in [-0.15, -0.1) is 11.8 Å². The van der Waals surface area contributed by atoms with Crippen molar-refractivity contribution < 1.29 is 18.0 Å².